The Kier molecular flexibility index (Phi) is 4.85. The van der Waals surface area contributed by atoms with E-state index in [1.54, 1.807) is 0 Å². The number of hydrogen-bond acceptors (Lipinski definition) is 4. The molecule has 0 atom stereocenters. The van der Waals surface area contributed by atoms with Gasteiger partial charge in [0.05, 0.1) is 5.69 Å². The third kappa shape index (κ3) is 3.67. The Hall–Kier alpha value is -3.21. The van der Waals surface area contributed by atoms with Crippen molar-refractivity contribution in [3.8, 4) is 11.3 Å². The molecule has 4 rings (SSSR count). The third-order valence-corrected chi connectivity index (χ3v) is 6.03. The van der Waals surface area contributed by atoms with Crippen LogP contribution in [0.2, 0.25) is 0 Å². The van der Waals surface area contributed by atoms with Crippen LogP contribution in [0.3, 0.4) is 0 Å². The van der Waals surface area contributed by atoms with Gasteiger partial charge in [-0.25, -0.2) is 4.39 Å². The number of nitrogens with zero attached hydrogens (tertiary/aromatic N) is 2. The lowest BCUT2D eigenvalue weighted by atomic mass is 9.84. The van der Waals surface area contributed by atoms with E-state index in [0.29, 0.717) is 12.4 Å². The van der Waals surface area contributed by atoms with E-state index in [1.165, 1.54) is 17.7 Å². The Balaban J connectivity index is 1.47. The number of rotatable bonds is 5. The fourth-order valence-corrected chi connectivity index (χ4v) is 3.73. The number of allylic oxidation sites excluding steroid dienone is 1. The molecule has 1 aliphatic heterocycles. The predicted molar refractivity (Wildman–Crippen MR) is 121 cm³/mol. The topological polar surface area (TPSA) is 49.8 Å². The molecule has 0 unspecified atom stereocenters. The molecule has 0 radical (unpaired) electrons. The van der Waals surface area contributed by atoms with Crippen molar-refractivity contribution in [2.75, 3.05) is 17.2 Å². The van der Waals surface area contributed by atoms with Crippen molar-refractivity contribution in [1.29, 1.82) is 0 Å². The minimum atomic E-state index is -0.224. The molecule has 1 aliphatic rings. The number of aromatic nitrogens is 2. The van der Waals surface area contributed by atoms with E-state index >= 15 is 0 Å². The summed E-state index contributed by atoms with van der Waals surface area (Å²) < 4.78 is 13.2. The molecule has 2 heterocycles. The second kappa shape index (κ2) is 7.24. The Labute approximate surface area is 177 Å². The maximum Gasteiger partial charge on any atom is 0.148 e. The number of nitrogens with one attached hydrogen (secondary N) is 2. The van der Waals surface area contributed by atoms with Gasteiger partial charge in [0.25, 0.3) is 0 Å². The highest BCUT2D eigenvalue weighted by molar-refractivity contribution is 5.74. The molecule has 154 valence electrons. The Morgan fingerprint density at radius 2 is 1.77 bits per heavy atom. The number of hydrogen-bond donors (Lipinski definition) is 2. The number of benzene rings is 2. The zero-order valence-corrected chi connectivity index (χ0v) is 17.9. The summed E-state index contributed by atoms with van der Waals surface area (Å²) in [5, 5.41) is 15.5. The van der Waals surface area contributed by atoms with Gasteiger partial charge in [-0.15, -0.1) is 10.2 Å². The first-order valence-corrected chi connectivity index (χ1v) is 10.1. The minimum Gasteiger partial charge on any atom is -0.368 e. The summed E-state index contributed by atoms with van der Waals surface area (Å²) in [4.78, 5) is 0. The first kappa shape index (κ1) is 20.1. The molecule has 0 aliphatic carbocycles. The first-order valence-electron chi connectivity index (χ1n) is 10.1. The Morgan fingerprint density at radius 1 is 1.03 bits per heavy atom. The summed E-state index contributed by atoms with van der Waals surface area (Å²) in [5.74, 6) is 0.487. The molecular formula is C25H27FN4. The van der Waals surface area contributed by atoms with Crippen molar-refractivity contribution < 1.29 is 4.39 Å². The zero-order valence-electron chi connectivity index (χ0n) is 17.9. The van der Waals surface area contributed by atoms with Gasteiger partial charge in [-0.2, -0.15) is 0 Å². The number of anilines is 2. The van der Waals surface area contributed by atoms with E-state index in [9.17, 15) is 4.39 Å². The molecule has 2 aromatic carbocycles. The van der Waals surface area contributed by atoms with Crippen LogP contribution in [0.15, 0.2) is 66.9 Å². The molecular weight excluding hydrogens is 375 g/mol. The van der Waals surface area contributed by atoms with E-state index in [4.69, 9.17) is 0 Å². The summed E-state index contributed by atoms with van der Waals surface area (Å²) >= 11 is 0. The van der Waals surface area contributed by atoms with Crippen molar-refractivity contribution in [2.45, 2.75) is 38.5 Å². The standard InChI is InChI=1S/C25H27FN4/c1-16-25(4,5)20-11-6-17(14-22(20)28-16)21-12-13-23(30-29-21)27-15-24(2,3)18-7-9-19(26)10-8-18/h6-14,28H,1,15H2,2-5H3,(H,27,30). The normalized spacial score (nSPS) is 14.9. The van der Waals surface area contributed by atoms with Crippen LogP contribution >= 0.6 is 0 Å². The second-order valence-electron chi connectivity index (χ2n) is 9.04. The smallest absolute Gasteiger partial charge is 0.148 e. The van der Waals surface area contributed by atoms with Gasteiger partial charge in [0.1, 0.15) is 11.6 Å². The van der Waals surface area contributed by atoms with E-state index in [2.05, 4.69) is 73.3 Å². The van der Waals surface area contributed by atoms with Gasteiger partial charge < -0.3 is 10.6 Å². The summed E-state index contributed by atoms with van der Waals surface area (Å²) in [6.07, 6.45) is 0. The fourth-order valence-electron chi connectivity index (χ4n) is 3.73. The molecule has 3 aromatic rings. The monoisotopic (exact) mass is 402 g/mol. The van der Waals surface area contributed by atoms with Gasteiger partial charge in [0.2, 0.25) is 0 Å². The lowest BCUT2D eigenvalue weighted by molar-refractivity contribution is 0.552. The molecule has 0 amide bonds. The summed E-state index contributed by atoms with van der Waals surface area (Å²) in [6, 6.07) is 16.9. The lowest BCUT2D eigenvalue weighted by Gasteiger charge is -2.25. The van der Waals surface area contributed by atoms with Crippen LogP contribution in [0.1, 0.15) is 38.8 Å². The van der Waals surface area contributed by atoms with Gasteiger partial charge in [0, 0.05) is 34.3 Å². The number of fused-ring (bicyclic) bond motifs is 1. The molecule has 0 fully saturated rings. The van der Waals surface area contributed by atoms with Crippen LogP contribution in [-0.2, 0) is 10.8 Å². The van der Waals surface area contributed by atoms with Crippen LogP contribution in [0.4, 0.5) is 15.9 Å². The summed E-state index contributed by atoms with van der Waals surface area (Å²) in [5.41, 5.74) is 5.97. The maximum absolute atomic E-state index is 13.2. The van der Waals surface area contributed by atoms with E-state index < -0.39 is 0 Å². The second-order valence-corrected chi connectivity index (χ2v) is 9.04. The van der Waals surface area contributed by atoms with Crippen LogP contribution in [0.25, 0.3) is 11.3 Å². The SMILES string of the molecule is C=C1Nc2cc(-c3ccc(NCC(C)(C)c4ccc(F)cc4)nn3)ccc2C1(C)C. The predicted octanol–water partition coefficient (Wildman–Crippen LogP) is 5.89. The molecule has 0 bridgehead atoms. The Bertz CT molecular complexity index is 1080. The number of halogens is 1. The van der Waals surface area contributed by atoms with Gasteiger partial charge in [-0.1, -0.05) is 58.5 Å². The molecule has 0 saturated carbocycles. The highest BCUT2D eigenvalue weighted by Gasteiger charge is 2.33. The molecule has 0 spiro atoms. The van der Waals surface area contributed by atoms with Crippen molar-refractivity contribution in [3.05, 3.63) is 83.8 Å². The van der Waals surface area contributed by atoms with Crippen molar-refractivity contribution in [1.82, 2.24) is 10.2 Å². The quantitative estimate of drug-likeness (QED) is 0.559. The van der Waals surface area contributed by atoms with E-state index in [-0.39, 0.29) is 16.6 Å². The molecule has 2 N–H and O–H groups in total. The molecule has 5 heteroatoms. The lowest BCUT2D eigenvalue weighted by Crippen LogP contribution is -2.28. The highest BCUT2D eigenvalue weighted by atomic mass is 19.1. The van der Waals surface area contributed by atoms with Gasteiger partial charge in [-0.3, -0.25) is 0 Å². The molecule has 4 nitrogen and oxygen atoms in total. The van der Waals surface area contributed by atoms with Crippen LogP contribution < -0.4 is 10.6 Å². The van der Waals surface area contributed by atoms with Crippen molar-refractivity contribution >= 4 is 11.5 Å². The van der Waals surface area contributed by atoms with Crippen LogP contribution in [-0.4, -0.2) is 16.7 Å². The van der Waals surface area contributed by atoms with Crippen LogP contribution in [0, 0.1) is 5.82 Å². The minimum absolute atomic E-state index is 0.0787. The molecule has 0 saturated heterocycles. The van der Waals surface area contributed by atoms with E-state index in [1.807, 2.05) is 24.3 Å². The third-order valence-electron chi connectivity index (χ3n) is 6.03. The molecule has 1 aromatic heterocycles. The van der Waals surface area contributed by atoms with Gasteiger partial charge >= 0.3 is 0 Å². The first-order chi connectivity index (χ1) is 14.2. The Morgan fingerprint density at radius 3 is 2.43 bits per heavy atom. The average molecular weight is 403 g/mol. The largest absolute Gasteiger partial charge is 0.368 e. The van der Waals surface area contributed by atoms with Crippen molar-refractivity contribution in [2.24, 2.45) is 0 Å². The van der Waals surface area contributed by atoms with Gasteiger partial charge in [0.15, 0.2) is 0 Å². The molecule has 30 heavy (non-hydrogen) atoms. The van der Waals surface area contributed by atoms with Crippen molar-refractivity contribution in [3.63, 3.8) is 0 Å². The van der Waals surface area contributed by atoms with E-state index in [0.717, 1.165) is 28.2 Å². The zero-order chi connectivity index (χ0) is 21.5. The fraction of sp³-hybridized carbons (Fsp3) is 0.280. The average Bonchev–Trinajstić information content (AvgIpc) is 2.95. The summed E-state index contributed by atoms with van der Waals surface area (Å²) in [7, 11) is 0. The summed E-state index contributed by atoms with van der Waals surface area (Å²) in [6.45, 7) is 13.4. The van der Waals surface area contributed by atoms with Crippen LogP contribution in [0.5, 0.6) is 0 Å². The highest BCUT2D eigenvalue weighted by Crippen LogP contribution is 2.43. The van der Waals surface area contributed by atoms with Gasteiger partial charge in [-0.05, 0) is 41.5 Å². The maximum atomic E-state index is 13.2.